The summed E-state index contributed by atoms with van der Waals surface area (Å²) in [7, 11) is 0. The van der Waals surface area contributed by atoms with Crippen molar-refractivity contribution in [2.45, 2.75) is 53.4 Å². The second-order valence-corrected chi connectivity index (χ2v) is 4.52. The minimum absolute atomic E-state index is 0.249. The average Bonchev–Trinajstić information content (AvgIpc) is 2.18. The Morgan fingerprint density at radius 2 is 1.73 bits per heavy atom. The summed E-state index contributed by atoms with van der Waals surface area (Å²) in [6.45, 7) is 9.89. The van der Waals surface area contributed by atoms with Gasteiger partial charge in [-0.05, 0) is 25.2 Å². The quantitative estimate of drug-likeness (QED) is 0.550. The zero-order chi connectivity index (χ0) is 11.7. The van der Waals surface area contributed by atoms with Crippen molar-refractivity contribution in [3.05, 3.63) is 0 Å². The smallest absolute Gasteiger partial charge is 0.138 e. The first-order valence-corrected chi connectivity index (χ1v) is 6.22. The van der Waals surface area contributed by atoms with Crippen molar-refractivity contribution in [2.75, 3.05) is 13.2 Å². The maximum atomic E-state index is 11.6. The molecule has 0 spiro atoms. The van der Waals surface area contributed by atoms with Crippen LogP contribution in [-0.2, 0) is 9.53 Å². The topological polar surface area (TPSA) is 26.3 Å². The highest BCUT2D eigenvalue weighted by Gasteiger charge is 2.13. The van der Waals surface area contributed by atoms with Crippen LogP contribution in [-0.4, -0.2) is 19.0 Å². The molecule has 0 saturated carbocycles. The number of rotatable bonds is 9. The van der Waals surface area contributed by atoms with Crippen molar-refractivity contribution in [3.8, 4) is 0 Å². The SMILES string of the molecule is CCC(CC)C(=O)CCOCCC(C)C. The second-order valence-electron chi connectivity index (χ2n) is 4.52. The molecule has 0 aromatic heterocycles. The van der Waals surface area contributed by atoms with E-state index in [1.165, 1.54) is 0 Å². The van der Waals surface area contributed by atoms with E-state index in [9.17, 15) is 4.79 Å². The summed E-state index contributed by atoms with van der Waals surface area (Å²) < 4.78 is 5.43. The lowest BCUT2D eigenvalue weighted by Crippen LogP contribution is -2.15. The number of Topliss-reactive ketones (excluding diaryl/α,β-unsaturated/α-hetero) is 1. The standard InChI is InChI=1S/C13H26O2/c1-5-12(6-2)13(14)8-10-15-9-7-11(3)4/h11-12H,5-10H2,1-4H3. The molecule has 0 unspecified atom stereocenters. The lowest BCUT2D eigenvalue weighted by Gasteiger charge is -2.11. The van der Waals surface area contributed by atoms with Gasteiger partial charge in [0.05, 0.1) is 6.61 Å². The molecule has 0 rings (SSSR count). The van der Waals surface area contributed by atoms with Crippen molar-refractivity contribution < 1.29 is 9.53 Å². The summed E-state index contributed by atoms with van der Waals surface area (Å²) in [5, 5.41) is 0. The van der Waals surface area contributed by atoms with Crippen molar-refractivity contribution in [3.63, 3.8) is 0 Å². The summed E-state index contributed by atoms with van der Waals surface area (Å²) in [4.78, 5) is 11.6. The molecular formula is C13H26O2. The molecule has 0 bridgehead atoms. The van der Waals surface area contributed by atoms with Crippen LogP contribution in [0.25, 0.3) is 0 Å². The van der Waals surface area contributed by atoms with E-state index in [1.807, 2.05) is 0 Å². The summed E-state index contributed by atoms with van der Waals surface area (Å²) in [6.07, 6.45) is 3.59. The van der Waals surface area contributed by atoms with E-state index < -0.39 is 0 Å². The Balaban J connectivity index is 3.46. The van der Waals surface area contributed by atoms with Crippen LogP contribution < -0.4 is 0 Å². The lowest BCUT2D eigenvalue weighted by atomic mass is 9.96. The van der Waals surface area contributed by atoms with Crippen molar-refractivity contribution in [1.29, 1.82) is 0 Å². The Hall–Kier alpha value is -0.370. The zero-order valence-electron chi connectivity index (χ0n) is 10.7. The van der Waals surface area contributed by atoms with Crippen LogP contribution in [0.2, 0.25) is 0 Å². The predicted molar refractivity (Wildman–Crippen MR) is 64.0 cm³/mol. The molecule has 0 aliphatic heterocycles. The summed E-state index contributed by atoms with van der Waals surface area (Å²) >= 11 is 0. The van der Waals surface area contributed by atoms with Crippen LogP contribution >= 0.6 is 0 Å². The monoisotopic (exact) mass is 214 g/mol. The van der Waals surface area contributed by atoms with Crippen molar-refractivity contribution in [1.82, 2.24) is 0 Å². The number of ether oxygens (including phenoxy) is 1. The third kappa shape index (κ3) is 7.55. The molecule has 0 amide bonds. The predicted octanol–water partition coefficient (Wildman–Crippen LogP) is 3.44. The molecule has 0 fully saturated rings. The maximum absolute atomic E-state index is 11.6. The number of hydrogen-bond donors (Lipinski definition) is 0. The van der Waals surface area contributed by atoms with Gasteiger partial charge < -0.3 is 4.74 Å². The molecule has 0 aliphatic carbocycles. The molecule has 0 aliphatic rings. The Kier molecular flexibility index (Phi) is 8.68. The molecule has 2 heteroatoms. The van der Waals surface area contributed by atoms with Gasteiger partial charge in [-0.25, -0.2) is 0 Å². The van der Waals surface area contributed by atoms with Crippen LogP contribution in [0.5, 0.6) is 0 Å². The molecule has 0 saturated heterocycles. The maximum Gasteiger partial charge on any atom is 0.138 e. The van der Waals surface area contributed by atoms with E-state index in [1.54, 1.807) is 0 Å². The number of carbonyl (C=O) groups excluding carboxylic acids is 1. The van der Waals surface area contributed by atoms with Gasteiger partial charge in [-0.1, -0.05) is 27.7 Å². The van der Waals surface area contributed by atoms with Gasteiger partial charge in [0.25, 0.3) is 0 Å². The van der Waals surface area contributed by atoms with Crippen LogP contribution in [0.3, 0.4) is 0 Å². The third-order valence-electron chi connectivity index (χ3n) is 2.77. The summed E-state index contributed by atoms with van der Waals surface area (Å²) in [5.41, 5.74) is 0. The van der Waals surface area contributed by atoms with E-state index >= 15 is 0 Å². The van der Waals surface area contributed by atoms with E-state index in [-0.39, 0.29) is 5.92 Å². The lowest BCUT2D eigenvalue weighted by molar-refractivity contribution is -0.124. The Bertz CT molecular complexity index is 160. The van der Waals surface area contributed by atoms with Gasteiger partial charge in [0.1, 0.15) is 5.78 Å². The summed E-state index contributed by atoms with van der Waals surface area (Å²) in [6, 6.07) is 0. The molecule has 15 heavy (non-hydrogen) atoms. The number of carbonyl (C=O) groups is 1. The largest absolute Gasteiger partial charge is 0.381 e. The van der Waals surface area contributed by atoms with Crippen LogP contribution in [0.4, 0.5) is 0 Å². The van der Waals surface area contributed by atoms with Crippen molar-refractivity contribution >= 4 is 5.78 Å². The molecule has 2 nitrogen and oxygen atoms in total. The fourth-order valence-corrected chi connectivity index (χ4v) is 1.54. The Morgan fingerprint density at radius 1 is 1.13 bits per heavy atom. The first kappa shape index (κ1) is 14.6. The molecule has 0 N–H and O–H groups in total. The first-order chi connectivity index (χ1) is 7.11. The normalized spacial score (nSPS) is 11.3. The fourth-order valence-electron chi connectivity index (χ4n) is 1.54. The van der Waals surface area contributed by atoms with Gasteiger partial charge in [-0.15, -0.1) is 0 Å². The van der Waals surface area contributed by atoms with Crippen LogP contribution in [0.1, 0.15) is 53.4 Å². The van der Waals surface area contributed by atoms with Gasteiger partial charge in [0.15, 0.2) is 0 Å². The van der Waals surface area contributed by atoms with Crippen LogP contribution in [0.15, 0.2) is 0 Å². The second kappa shape index (κ2) is 8.90. The summed E-state index contributed by atoms with van der Waals surface area (Å²) in [5.74, 6) is 1.29. The minimum atomic E-state index is 0.249. The van der Waals surface area contributed by atoms with E-state index in [2.05, 4.69) is 27.7 Å². The number of ketones is 1. The zero-order valence-corrected chi connectivity index (χ0v) is 10.7. The Morgan fingerprint density at radius 3 is 2.20 bits per heavy atom. The van der Waals surface area contributed by atoms with Gasteiger partial charge >= 0.3 is 0 Å². The van der Waals surface area contributed by atoms with Crippen LogP contribution in [0, 0.1) is 11.8 Å². The van der Waals surface area contributed by atoms with Crippen molar-refractivity contribution in [2.24, 2.45) is 11.8 Å². The highest BCUT2D eigenvalue weighted by molar-refractivity contribution is 5.80. The molecule has 0 heterocycles. The average molecular weight is 214 g/mol. The fraction of sp³-hybridized carbons (Fsp3) is 0.923. The van der Waals surface area contributed by atoms with Gasteiger partial charge in [0.2, 0.25) is 0 Å². The molecule has 90 valence electrons. The van der Waals surface area contributed by atoms with E-state index in [0.29, 0.717) is 24.7 Å². The molecule has 0 aromatic rings. The molecule has 0 aromatic carbocycles. The highest BCUT2D eigenvalue weighted by Crippen LogP contribution is 2.11. The van der Waals surface area contributed by atoms with Gasteiger partial charge in [0, 0.05) is 18.9 Å². The van der Waals surface area contributed by atoms with Gasteiger partial charge in [-0.2, -0.15) is 0 Å². The van der Waals surface area contributed by atoms with Gasteiger partial charge in [-0.3, -0.25) is 4.79 Å². The minimum Gasteiger partial charge on any atom is -0.381 e. The molecule has 0 radical (unpaired) electrons. The first-order valence-electron chi connectivity index (χ1n) is 6.22. The molecule has 0 atom stereocenters. The third-order valence-corrected chi connectivity index (χ3v) is 2.77. The van der Waals surface area contributed by atoms with E-state index in [4.69, 9.17) is 4.74 Å². The van der Waals surface area contributed by atoms with E-state index in [0.717, 1.165) is 25.9 Å². The highest BCUT2D eigenvalue weighted by atomic mass is 16.5. The molecular weight excluding hydrogens is 188 g/mol. The Labute approximate surface area is 94.4 Å². The number of hydrogen-bond acceptors (Lipinski definition) is 2.